The second-order valence-electron chi connectivity index (χ2n) is 10.6. The number of para-hydroxylation sites is 2. The second kappa shape index (κ2) is 12.0. The summed E-state index contributed by atoms with van der Waals surface area (Å²) in [5.74, 6) is 0.583. The van der Waals surface area contributed by atoms with E-state index in [0.717, 1.165) is 38.7 Å². The van der Waals surface area contributed by atoms with Crippen molar-refractivity contribution in [1.82, 2.24) is 24.8 Å². The van der Waals surface area contributed by atoms with Crippen molar-refractivity contribution in [2.45, 2.75) is 69.6 Å². The third kappa shape index (κ3) is 6.02. The van der Waals surface area contributed by atoms with Crippen LogP contribution in [0.5, 0.6) is 5.88 Å². The number of benzene rings is 1. The van der Waals surface area contributed by atoms with Crippen LogP contribution in [0.2, 0.25) is 0 Å². The van der Waals surface area contributed by atoms with Crippen LogP contribution in [0, 0.1) is 0 Å². The summed E-state index contributed by atoms with van der Waals surface area (Å²) >= 11 is 0. The van der Waals surface area contributed by atoms with Gasteiger partial charge in [0.2, 0.25) is 17.7 Å². The van der Waals surface area contributed by atoms with Gasteiger partial charge in [-0.2, -0.15) is 9.97 Å². The number of nitrogens with one attached hydrogen (secondary N) is 1. The molecule has 3 aliphatic rings. The lowest BCUT2D eigenvalue weighted by atomic mass is 10.1. The summed E-state index contributed by atoms with van der Waals surface area (Å²) in [5.41, 5.74) is 0.987. The maximum absolute atomic E-state index is 14.1. The minimum atomic E-state index is -2.79. The van der Waals surface area contributed by atoms with Crippen LogP contribution in [0.4, 0.5) is 14.7 Å². The van der Waals surface area contributed by atoms with Crippen LogP contribution in [-0.2, 0) is 14.3 Å². The number of halogens is 2. The van der Waals surface area contributed by atoms with Gasteiger partial charge in [0.05, 0.1) is 36.8 Å². The van der Waals surface area contributed by atoms with Crippen LogP contribution < -0.4 is 15.0 Å². The fourth-order valence-corrected chi connectivity index (χ4v) is 5.72. The Morgan fingerprint density at radius 2 is 1.93 bits per heavy atom. The van der Waals surface area contributed by atoms with Crippen LogP contribution >= 0.6 is 0 Å². The number of alkyl halides is 2. The van der Waals surface area contributed by atoms with Gasteiger partial charge in [0, 0.05) is 38.2 Å². The van der Waals surface area contributed by atoms with Crippen molar-refractivity contribution in [2.24, 2.45) is 0 Å². The standard InChI is InChI=1S/C28H34F2N6O4/c29-26(30)27-32-21-6-1-2-7-22(21)36(27)23-17-25(34-28(33-23)35-10-13-38-14-11-35)40-20-9-8-18(15-20)31-24(37)16-19-5-3-4-12-39-19/h1-2,6-7,17-20,26H,3-5,8-16H2,(H,31,37)/t18-,19?,20-/m0/s1. The van der Waals surface area contributed by atoms with Gasteiger partial charge in [-0.1, -0.05) is 12.1 Å². The quantitative estimate of drug-likeness (QED) is 0.445. The topological polar surface area (TPSA) is 104 Å². The van der Waals surface area contributed by atoms with E-state index in [1.54, 1.807) is 30.3 Å². The molecule has 1 unspecified atom stereocenters. The zero-order chi connectivity index (χ0) is 27.5. The highest BCUT2D eigenvalue weighted by Gasteiger charge is 2.30. The van der Waals surface area contributed by atoms with E-state index in [0.29, 0.717) is 62.0 Å². The number of rotatable bonds is 8. The highest BCUT2D eigenvalue weighted by Crippen LogP contribution is 2.31. The summed E-state index contributed by atoms with van der Waals surface area (Å²) < 4.78 is 47.1. The first kappa shape index (κ1) is 26.8. The number of nitrogens with zero attached hydrogens (tertiary/aromatic N) is 5. The first-order chi connectivity index (χ1) is 19.5. The van der Waals surface area contributed by atoms with Gasteiger partial charge >= 0.3 is 0 Å². The lowest BCUT2D eigenvalue weighted by Gasteiger charge is -2.27. The van der Waals surface area contributed by atoms with E-state index in [4.69, 9.17) is 14.2 Å². The van der Waals surface area contributed by atoms with Gasteiger partial charge in [-0.15, -0.1) is 0 Å². The van der Waals surface area contributed by atoms with Gasteiger partial charge in [-0.3, -0.25) is 9.36 Å². The molecule has 3 aromatic rings. The minimum Gasteiger partial charge on any atom is -0.474 e. The molecular weight excluding hydrogens is 522 g/mol. The molecule has 3 fully saturated rings. The Morgan fingerprint density at radius 1 is 1.07 bits per heavy atom. The first-order valence-corrected chi connectivity index (χ1v) is 14.1. The van der Waals surface area contributed by atoms with Crippen molar-refractivity contribution in [1.29, 1.82) is 0 Å². The van der Waals surface area contributed by atoms with E-state index in [9.17, 15) is 13.6 Å². The van der Waals surface area contributed by atoms with Gasteiger partial charge in [-0.25, -0.2) is 13.8 Å². The molecule has 0 radical (unpaired) electrons. The van der Waals surface area contributed by atoms with Crippen molar-refractivity contribution >= 4 is 22.9 Å². The number of hydrogen-bond donors (Lipinski definition) is 1. The summed E-state index contributed by atoms with van der Waals surface area (Å²) in [6, 6.07) is 8.59. The first-order valence-electron chi connectivity index (χ1n) is 14.1. The predicted octanol–water partition coefficient (Wildman–Crippen LogP) is 3.97. The summed E-state index contributed by atoms with van der Waals surface area (Å²) in [4.78, 5) is 28.1. The molecule has 10 nitrogen and oxygen atoms in total. The van der Waals surface area contributed by atoms with Crippen molar-refractivity contribution < 1.29 is 27.8 Å². The Bertz CT molecular complexity index is 1330. The average molecular weight is 557 g/mol. The second-order valence-corrected chi connectivity index (χ2v) is 10.6. The maximum atomic E-state index is 14.1. The fraction of sp³-hybridized carbons (Fsp3) is 0.571. The van der Waals surface area contributed by atoms with E-state index >= 15 is 0 Å². The Balaban J connectivity index is 1.22. The molecule has 40 heavy (non-hydrogen) atoms. The van der Waals surface area contributed by atoms with Crippen molar-refractivity contribution in [3.63, 3.8) is 0 Å². The number of carbonyl (C=O) groups is 1. The molecule has 214 valence electrons. The van der Waals surface area contributed by atoms with Crippen molar-refractivity contribution in [3.05, 3.63) is 36.2 Å². The monoisotopic (exact) mass is 556 g/mol. The van der Waals surface area contributed by atoms with Crippen LogP contribution in [0.1, 0.15) is 57.2 Å². The summed E-state index contributed by atoms with van der Waals surface area (Å²) in [7, 11) is 0. The van der Waals surface area contributed by atoms with E-state index in [2.05, 4.69) is 20.3 Å². The lowest BCUT2D eigenvalue weighted by Crippen LogP contribution is -2.37. The van der Waals surface area contributed by atoms with Crippen LogP contribution in [-0.4, -0.2) is 76.6 Å². The molecule has 3 atom stereocenters. The molecule has 0 bridgehead atoms. The minimum absolute atomic E-state index is 0.00219. The molecular formula is C28H34F2N6O4. The van der Waals surface area contributed by atoms with Crippen LogP contribution in [0.3, 0.4) is 0 Å². The maximum Gasteiger partial charge on any atom is 0.296 e. The summed E-state index contributed by atoms with van der Waals surface area (Å²) in [6.07, 6.45) is 2.65. The molecule has 2 saturated heterocycles. The van der Waals surface area contributed by atoms with Crippen molar-refractivity contribution in [3.8, 4) is 11.7 Å². The Labute approximate surface area is 231 Å². The fourth-order valence-electron chi connectivity index (χ4n) is 5.72. The largest absolute Gasteiger partial charge is 0.474 e. The highest BCUT2D eigenvalue weighted by molar-refractivity contribution is 5.78. The van der Waals surface area contributed by atoms with Crippen molar-refractivity contribution in [2.75, 3.05) is 37.8 Å². The number of anilines is 1. The zero-order valence-corrected chi connectivity index (χ0v) is 22.3. The molecule has 1 saturated carbocycles. The lowest BCUT2D eigenvalue weighted by molar-refractivity contribution is -0.125. The third-order valence-electron chi connectivity index (χ3n) is 7.71. The Kier molecular flexibility index (Phi) is 8.05. The number of aromatic nitrogens is 4. The zero-order valence-electron chi connectivity index (χ0n) is 22.3. The highest BCUT2D eigenvalue weighted by atomic mass is 19.3. The molecule has 1 N–H and O–H groups in total. The van der Waals surface area contributed by atoms with E-state index in [1.165, 1.54) is 4.57 Å². The molecule has 1 amide bonds. The number of ether oxygens (including phenoxy) is 3. The number of morpholine rings is 1. The number of carbonyl (C=O) groups excluding carboxylic acids is 1. The summed E-state index contributed by atoms with van der Waals surface area (Å²) in [6.45, 7) is 2.93. The normalized spacial score (nSPS) is 23.6. The summed E-state index contributed by atoms with van der Waals surface area (Å²) in [5, 5.41) is 3.13. The van der Waals surface area contributed by atoms with Crippen LogP contribution in [0.15, 0.2) is 30.3 Å². The smallest absolute Gasteiger partial charge is 0.296 e. The van der Waals surface area contributed by atoms with E-state index in [-0.39, 0.29) is 35.8 Å². The molecule has 12 heteroatoms. The van der Waals surface area contributed by atoms with E-state index < -0.39 is 6.43 Å². The van der Waals surface area contributed by atoms with Gasteiger partial charge < -0.3 is 24.4 Å². The average Bonchev–Trinajstić information content (AvgIpc) is 3.58. The number of amides is 1. The van der Waals surface area contributed by atoms with Gasteiger partial charge in [-0.05, 0) is 44.2 Å². The number of imidazole rings is 1. The Hall–Kier alpha value is -3.38. The van der Waals surface area contributed by atoms with Gasteiger partial charge in [0.1, 0.15) is 11.9 Å². The predicted molar refractivity (Wildman–Crippen MR) is 143 cm³/mol. The molecule has 0 spiro atoms. The molecule has 4 heterocycles. The number of hydrogen-bond acceptors (Lipinski definition) is 8. The van der Waals surface area contributed by atoms with Crippen LogP contribution in [0.25, 0.3) is 16.9 Å². The molecule has 2 aromatic heterocycles. The molecule has 6 rings (SSSR count). The van der Waals surface area contributed by atoms with E-state index in [1.807, 2.05) is 4.90 Å². The molecule has 1 aromatic carbocycles. The Morgan fingerprint density at radius 3 is 2.73 bits per heavy atom. The van der Waals surface area contributed by atoms with Gasteiger partial charge in [0.15, 0.2) is 5.82 Å². The molecule has 2 aliphatic heterocycles. The SMILES string of the molecule is O=C(CC1CCCCO1)N[C@H]1CC[C@H](Oc2cc(-n3c(C(F)F)nc4ccccc43)nc(N3CCOCC3)n2)C1. The number of fused-ring (bicyclic) bond motifs is 1. The van der Waals surface area contributed by atoms with Gasteiger partial charge in [0.25, 0.3) is 6.43 Å². The molecule has 1 aliphatic carbocycles. The third-order valence-corrected chi connectivity index (χ3v) is 7.71.